The first-order valence-electron chi connectivity index (χ1n) is 9.58. The number of para-hydroxylation sites is 2. The number of aromatic nitrogens is 3. The van der Waals surface area contributed by atoms with Crippen molar-refractivity contribution in [1.29, 1.82) is 0 Å². The van der Waals surface area contributed by atoms with Crippen molar-refractivity contribution in [2.24, 2.45) is 0 Å². The number of benzene rings is 2. The molecular weight excluding hydrogens is 400 g/mol. The molecule has 4 rings (SSSR count). The first kappa shape index (κ1) is 20.2. The van der Waals surface area contributed by atoms with E-state index in [9.17, 15) is 9.59 Å². The Morgan fingerprint density at radius 3 is 2.77 bits per heavy atom. The van der Waals surface area contributed by atoms with Crippen LogP contribution in [0.3, 0.4) is 0 Å². The monoisotopic (exact) mass is 422 g/mol. The topological polar surface area (TPSA) is 89.0 Å². The maximum absolute atomic E-state index is 13.5. The summed E-state index contributed by atoms with van der Waals surface area (Å²) < 4.78 is 6.54. The Balaban J connectivity index is 1.82. The molecule has 7 nitrogen and oxygen atoms in total. The van der Waals surface area contributed by atoms with Crippen molar-refractivity contribution < 1.29 is 9.53 Å². The molecule has 1 amide bonds. The van der Waals surface area contributed by atoms with Crippen LogP contribution in [-0.2, 0) is 9.53 Å². The number of rotatable bonds is 7. The van der Waals surface area contributed by atoms with Crippen LogP contribution in [0.5, 0.6) is 0 Å². The number of H-pyrrole nitrogens is 1. The predicted molar refractivity (Wildman–Crippen MR) is 120 cm³/mol. The highest BCUT2D eigenvalue weighted by molar-refractivity contribution is 7.99. The Labute approximate surface area is 177 Å². The average Bonchev–Trinajstić information content (AvgIpc) is 3.12. The van der Waals surface area contributed by atoms with Crippen LogP contribution in [0.25, 0.3) is 27.6 Å². The van der Waals surface area contributed by atoms with Crippen LogP contribution in [0.2, 0.25) is 0 Å². The van der Waals surface area contributed by atoms with Gasteiger partial charge in [0.1, 0.15) is 11.0 Å². The molecule has 0 atom stereocenters. The largest absolute Gasteiger partial charge is 0.383 e. The van der Waals surface area contributed by atoms with Gasteiger partial charge < -0.3 is 15.0 Å². The molecule has 8 heteroatoms. The number of amides is 1. The van der Waals surface area contributed by atoms with Crippen LogP contribution in [0, 0.1) is 6.92 Å². The molecule has 0 bridgehead atoms. The highest BCUT2D eigenvalue weighted by Crippen LogP contribution is 2.27. The zero-order chi connectivity index (χ0) is 21.1. The van der Waals surface area contributed by atoms with Gasteiger partial charge in [0.05, 0.1) is 18.0 Å². The van der Waals surface area contributed by atoms with E-state index in [1.807, 2.05) is 55.5 Å². The molecule has 0 saturated heterocycles. The number of aromatic amines is 1. The van der Waals surface area contributed by atoms with Gasteiger partial charge in [0.25, 0.3) is 5.56 Å². The van der Waals surface area contributed by atoms with Gasteiger partial charge in [0, 0.05) is 24.6 Å². The van der Waals surface area contributed by atoms with E-state index in [-0.39, 0.29) is 17.2 Å². The van der Waals surface area contributed by atoms with E-state index in [2.05, 4.69) is 10.3 Å². The lowest BCUT2D eigenvalue weighted by molar-refractivity contribution is -0.118. The number of hydrogen-bond acceptors (Lipinski definition) is 5. The van der Waals surface area contributed by atoms with E-state index in [1.54, 1.807) is 11.7 Å². The third-order valence-electron chi connectivity index (χ3n) is 4.81. The molecule has 2 aromatic heterocycles. The number of carbonyl (C=O) groups excluding carboxylic acids is 1. The standard InChI is InChI=1S/C22H22N4O3S/c1-14-7-3-6-10-17(14)26-21(28)20-19(15-8-4-5-9-16(15)24-20)25-22(26)30-13-18(27)23-11-12-29-2/h3-10,24H,11-13H2,1-2H3,(H,23,27). The van der Waals surface area contributed by atoms with Crippen molar-refractivity contribution in [3.05, 3.63) is 64.4 Å². The van der Waals surface area contributed by atoms with Gasteiger partial charge in [-0.1, -0.05) is 48.2 Å². The lowest BCUT2D eigenvalue weighted by Crippen LogP contribution is -2.29. The number of hydrogen-bond donors (Lipinski definition) is 2. The van der Waals surface area contributed by atoms with E-state index in [4.69, 9.17) is 9.72 Å². The van der Waals surface area contributed by atoms with Gasteiger partial charge in [-0.05, 0) is 24.6 Å². The van der Waals surface area contributed by atoms with Crippen molar-refractivity contribution in [3.8, 4) is 5.69 Å². The summed E-state index contributed by atoms with van der Waals surface area (Å²) in [5.41, 5.74) is 3.43. The van der Waals surface area contributed by atoms with Crippen molar-refractivity contribution in [2.75, 3.05) is 26.0 Å². The summed E-state index contributed by atoms with van der Waals surface area (Å²) in [6.07, 6.45) is 0. The molecular formula is C22H22N4O3S. The zero-order valence-electron chi connectivity index (χ0n) is 16.8. The van der Waals surface area contributed by atoms with E-state index in [1.165, 1.54) is 11.8 Å². The molecule has 30 heavy (non-hydrogen) atoms. The number of nitrogens with zero attached hydrogens (tertiary/aromatic N) is 2. The molecule has 0 fully saturated rings. The number of thioether (sulfide) groups is 1. The molecule has 0 aliphatic rings. The fourth-order valence-electron chi connectivity index (χ4n) is 3.34. The van der Waals surface area contributed by atoms with Crippen molar-refractivity contribution in [3.63, 3.8) is 0 Å². The third kappa shape index (κ3) is 3.83. The summed E-state index contributed by atoms with van der Waals surface area (Å²) in [7, 11) is 1.59. The van der Waals surface area contributed by atoms with Crippen LogP contribution in [0.15, 0.2) is 58.5 Å². The van der Waals surface area contributed by atoms with Crippen LogP contribution in [0.4, 0.5) is 0 Å². The molecule has 4 aromatic rings. The number of aryl methyl sites for hydroxylation is 1. The van der Waals surface area contributed by atoms with Gasteiger partial charge in [-0.2, -0.15) is 0 Å². The highest BCUT2D eigenvalue weighted by atomic mass is 32.2. The van der Waals surface area contributed by atoms with Gasteiger partial charge in [0.15, 0.2) is 5.16 Å². The zero-order valence-corrected chi connectivity index (χ0v) is 17.6. The minimum absolute atomic E-state index is 0.137. The van der Waals surface area contributed by atoms with Gasteiger partial charge in [-0.25, -0.2) is 4.98 Å². The molecule has 2 heterocycles. The van der Waals surface area contributed by atoms with Crippen LogP contribution < -0.4 is 10.9 Å². The molecule has 0 aliphatic heterocycles. The summed E-state index contributed by atoms with van der Waals surface area (Å²) in [6.45, 7) is 2.84. The molecule has 0 aliphatic carbocycles. The Morgan fingerprint density at radius 1 is 1.20 bits per heavy atom. The first-order valence-corrected chi connectivity index (χ1v) is 10.6. The van der Waals surface area contributed by atoms with Crippen LogP contribution >= 0.6 is 11.8 Å². The quantitative estimate of drug-likeness (QED) is 0.272. The lowest BCUT2D eigenvalue weighted by Gasteiger charge is -2.14. The second-order valence-electron chi connectivity index (χ2n) is 6.85. The maximum atomic E-state index is 13.5. The van der Waals surface area contributed by atoms with E-state index in [0.717, 1.165) is 22.2 Å². The minimum atomic E-state index is -0.187. The highest BCUT2D eigenvalue weighted by Gasteiger charge is 2.18. The predicted octanol–water partition coefficient (Wildman–Crippen LogP) is 3.03. The Hall–Kier alpha value is -3.10. The second-order valence-corrected chi connectivity index (χ2v) is 7.79. The SMILES string of the molecule is COCCNC(=O)CSc1nc2c([nH]c3ccccc32)c(=O)n1-c1ccccc1C. The van der Waals surface area contributed by atoms with Crippen molar-refractivity contribution >= 4 is 39.6 Å². The average molecular weight is 423 g/mol. The molecule has 2 aromatic carbocycles. The van der Waals surface area contributed by atoms with Crippen LogP contribution in [0.1, 0.15) is 5.56 Å². The third-order valence-corrected chi connectivity index (χ3v) is 5.75. The number of carbonyl (C=O) groups is 1. The molecule has 0 unspecified atom stereocenters. The molecule has 2 N–H and O–H groups in total. The van der Waals surface area contributed by atoms with Gasteiger partial charge in [-0.3, -0.25) is 14.2 Å². The molecule has 154 valence electrons. The Morgan fingerprint density at radius 2 is 1.97 bits per heavy atom. The normalized spacial score (nSPS) is 11.3. The molecule has 0 radical (unpaired) electrons. The molecule has 0 spiro atoms. The summed E-state index contributed by atoms with van der Waals surface area (Å²) in [5, 5.41) is 4.16. The lowest BCUT2D eigenvalue weighted by atomic mass is 10.2. The Bertz CT molecular complexity index is 1280. The summed E-state index contributed by atoms with van der Waals surface area (Å²) >= 11 is 1.24. The number of ether oxygens (including phenoxy) is 1. The second kappa shape index (κ2) is 8.73. The summed E-state index contributed by atoms with van der Waals surface area (Å²) in [5.74, 6) is 0.0114. The van der Waals surface area contributed by atoms with E-state index < -0.39 is 0 Å². The van der Waals surface area contributed by atoms with Gasteiger partial charge in [0.2, 0.25) is 5.91 Å². The van der Waals surface area contributed by atoms with Crippen molar-refractivity contribution in [2.45, 2.75) is 12.1 Å². The van der Waals surface area contributed by atoms with Crippen LogP contribution in [-0.4, -0.2) is 46.5 Å². The number of nitrogens with one attached hydrogen (secondary N) is 2. The smallest absolute Gasteiger partial charge is 0.283 e. The number of fused-ring (bicyclic) bond motifs is 3. The van der Waals surface area contributed by atoms with E-state index >= 15 is 0 Å². The summed E-state index contributed by atoms with van der Waals surface area (Å²) in [6, 6.07) is 15.3. The van der Waals surface area contributed by atoms with E-state index in [0.29, 0.717) is 29.3 Å². The molecule has 0 saturated carbocycles. The van der Waals surface area contributed by atoms with Gasteiger partial charge in [-0.15, -0.1) is 0 Å². The summed E-state index contributed by atoms with van der Waals surface area (Å²) in [4.78, 5) is 33.7. The van der Waals surface area contributed by atoms with Gasteiger partial charge >= 0.3 is 0 Å². The first-order chi connectivity index (χ1) is 14.6. The number of methoxy groups -OCH3 is 1. The van der Waals surface area contributed by atoms with Crippen molar-refractivity contribution in [1.82, 2.24) is 19.9 Å². The Kier molecular flexibility index (Phi) is 5.87. The fourth-order valence-corrected chi connectivity index (χ4v) is 4.17. The fraction of sp³-hybridized carbons (Fsp3) is 0.227. The minimum Gasteiger partial charge on any atom is -0.383 e. The maximum Gasteiger partial charge on any atom is 0.283 e.